The third-order valence-electron chi connectivity index (χ3n) is 12.0. The van der Waals surface area contributed by atoms with E-state index in [0.717, 1.165) is 22.1 Å². The molecule has 0 spiro atoms. The molecule has 4 saturated heterocycles. The van der Waals surface area contributed by atoms with Crippen LogP contribution in [0, 0.1) is 11.7 Å². The Labute approximate surface area is 372 Å². The molecule has 0 unspecified atom stereocenters. The van der Waals surface area contributed by atoms with Gasteiger partial charge >= 0.3 is 30.3 Å². The zero-order valence-corrected chi connectivity index (χ0v) is 37.5. The molecule has 15 nitrogen and oxygen atoms in total. The Balaban J connectivity index is 0.000000195. The number of nitrogens with one attached hydrogen (secondary N) is 1. The Morgan fingerprint density at radius 1 is 0.656 bits per heavy atom. The number of benzene rings is 3. The molecule has 4 fully saturated rings. The molecule has 4 aliphatic rings. The van der Waals surface area contributed by atoms with Gasteiger partial charge in [0.1, 0.15) is 30.2 Å². The maximum Gasteiger partial charge on any atom is 0.410 e. The minimum absolute atomic E-state index is 0.145. The van der Waals surface area contributed by atoms with E-state index in [9.17, 15) is 28.4 Å². The fourth-order valence-corrected chi connectivity index (χ4v) is 9.33. The number of carbonyl (C=O) groups excluding carboxylic acids is 5. The van der Waals surface area contributed by atoms with Gasteiger partial charge in [-0.05, 0) is 89.3 Å². The van der Waals surface area contributed by atoms with Gasteiger partial charge in [0.2, 0.25) is 0 Å². The predicted molar refractivity (Wildman–Crippen MR) is 233 cm³/mol. The van der Waals surface area contributed by atoms with Crippen LogP contribution in [-0.2, 0) is 41.7 Å². The molecule has 3 aromatic carbocycles. The smallest absolute Gasteiger partial charge is 0.410 e. The summed E-state index contributed by atoms with van der Waals surface area (Å²) in [7, 11) is 1.31. The maximum atomic E-state index is 13.8. The van der Waals surface area contributed by atoms with Crippen molar-refractivity contribution in [3.63, 3.8) is 0 Å². The maximum absolute atomic E-state index is 13.8. The third kappa shape index (κ3) is 10.2. The summed E-state index contributed by atoms with van der Waals surface area (Å²) in [4.78, 5) is 73.8. The average Bonchev–Trinajstić information content (AvgIpc) is 4.09. The number of rotatable bonds is 6. The molecule has 4 amide bonds. The number of amides is 4. The summed E-state index contributed by atoms with van der Waals surface area (Å²) in [5, 5.41) is 0.880. The first kappa shape index (κ1) is 45.7. The van der Waals surface area contributed by atoms with Gasteiger partial charge in [-0.1, -0.05) is 60.7 Å². The van der Waals surface area contributed by atoms with Crippen molar-refractivity contribution in [2.24, 2.45) is 5.92 Å². The number of aromatic amines is 1. The van der Waals surface area contributed by atoms with Crippen molar-refractivity contribution in [3.05, 3.63) is 108 Å². The zero-order valence-electron chi connectivity index (χ0n) is 37.5. The van der Waals surface area contributed by atoms with E-state index in [0.29, 0.717) is 38.0 Å². The largest absolute Gasteiger partial charge is 0.469 e. The average molecular weight is 884 g/mol. The number of hydrogen-bond acceptors (Lipinski definition) is 10. The molecule has 64 heavy (non-hydrogen) atoms. The van der Waals surface area contributed by atoms with Crippen LogP contribution in [0.2, 0.25) is 0 Å². The number of halogens is 1. The van der Waals surface area contributed by atoms with Crippen LogP contribution in [0.4, 0.5) is 23.6 Å². The summed E-state index contributed by atoms with van der Waals surface area (Å²) in [6, 6.07) is 22.3. The van der Waals surface area contributed by atoms with E-state index in [1.165, 1.54) is 19.2 Å². The number of likely N-dealkylation sites (tertiary alicyclic amines) is 4. The molecule has 8 rings (SSSR count). The van der Waals surface area contributed by atoms with E-state index in [1.54, 1.807) is 46.4 Å². The highest BCUT2D eigenvalue weighted by Crippen LogP contribution is 2.44. The monoisotopic (exact) mass is 883 g/mol. The SMILES string of the molecule is CC(C)(C)OC(=O)N1CC[C@@H]2[C@H]1[C@H](c1c[nH]c3cc(F)ccc13)CN2C(=O)OCc1ccccc1.COC(=O)[C@@H]1CN(C(=O)OCc2ccccc2)[C@@H]2CCN(C(=O)OC(C)(C)C)[C@@H]21. The van der Waals surface area contributed by atoms with Crippen molar-refractivity contribution < 1.29 is 52.0 Å². The summed E-state index contributed by atoms with van der Waals surface area (Å²) < 4.78 is 41.0. The van der Waals surface area contributed by atoms with Gasteiger partial charge in [0.05, 0.1) is 37.2 Å². The van der Waals surface area contributed by atoms with Crippen LogP contribution in [0.25, 0.3) is 10.9 Å². The number of fused-ring (bicyclic) bond motifs is 3. The molecular weight excluding hydrogens is 826 g/mol. The summed E-state index contributed by atoms with van der Waals surface area (Å²) in [6.07, 6.45) is 1.27. The number of hydrogen-bond donors (Lipinski definition) is 1. The molecule has 1 aromatic heterocycles. The Morgan fingerprint density at radius 3 is 1.67 bits per heavy atom. The molecule has 342 valence electrons. The van der Waals surface area contributed by atoms with Crippen LogP contribution in [0.15, 0.2) is 85.1 Å². The second-order valence-electron chi connectivity index (χ2n) is 18.6. The number of carbonyl (C=O) groups is 5. The van der Waals surface area contributed by atoms with E-state index in [-0.39, 0.29) is 55.7 Å². The number of esters is 1. The molecule has 4 aromatic rings. The molecule has 0 saturated carbocycles. The molecule has 6 atom stereocenters. The van der Waals surface area contributed by atoms with Crippen LogP contribution < -0.4 is 0 Å². The van der Waals surface area contributed by atoms with Gasteiger partial charge in [0.15, 0.2) is 0 Å². The standard InChI is InChI=1S/C27H30FN3O4.C21H28N2O6/c1-27(2,3)35-26(33)30-12-11-23-24(30)21(20-14-29-22-13-18(28)9-10-19(20)22)15-31(23)25(32)34-16-17-7-5-4-6-8-17;1-21(2,3)29-20(26)22-11-10-16-17(22)15(18(24)27-4)12-23(16)19(25)28-13-14-8-6-5-7-9-14/h4-10,13-14,21,23-24,29H,11-12,15-16H2,1-3H3;5-9,15-17H,10-13H2,1-4H3/t21-,23+,24+;15-,16-,17-/m01/s1. The minimum atomic E-state index is -0.650. The summed E-state index contributed by atoms with van der Waals surface area (Å²) in [6.45, 7) is 12.6. The number of H-pyrrole nitrogens is 1. The first-order valence-corrected chi connectivity index (χ1v) is 21.7. The van der Waals surface area contributed by atoms with Crippen LogP contribution >= 0.6 is 0 Å². The lowest BCUT2D eigenvalue weighted by atomic mass is 9.91. The zero-order chi connectivity index (χ0) is 45.9. The number of aromatic nitrogens is 1. The molecule has 1 N–H and O–H groups in total. The Hall–Kier alpha value is -6.32. The molecule has 0 radical (unpaired) electrons. The van der Waals surface area contributed by atoms with E-state index in [4.69, 9.17) is 23.7 Å². The molecule has 0 aliphatic carbocycles. The van der Waals surface area contributed by atoms with Crippen LogP contribution in [-0.4, -0.2) is 124 Å². The Morgan fingerprint density at radius 2 is 1.16 bits per heavy atom. The van der Waals surface area contributed by atoms with Crippen molar-refractivity contribution in [1.29, 1.82) is 0 Å². The second-order valence-corrected chi connectivity index (χ2v) is 18.6. The number of ether oxygens (including phenoxy) is 5. The third-order valence-corrected chi connectivity index (χ3v) is 12.0. The first-order valence-electron chi connectivity index (χ1n) is 21.7. The van der Waals surface area contributed by atoms with Crippen molar-refractivity contribution in [2.45, 2.75) is 109 Å². The van der Waals surface area contributed by atoms with E-state index in [1.807, 2.05) is 87.6 Å². The molecule has 4 aliphatic heterocycles. The van der Waals surface area contributed by atoms with Crippen LogP contribution in [0.3, 0.4) is 0 Å². The molecule has 0 bridgehead atoms. The molecule has 16 heteroatoms. The van der Waals surface area contributed by atoms with Crippen molar-refractivity contribution in [2.75, 3.05) is 33.3 Å². The lowest BCUT2D eigenvalue weighted by molar-refractivity contribution is -0.146. The van der Waals surface area contributed by atoms with E-state index in [2.05, 4.69) is 4.98 Å². The Bertz CT molecular complexity index is 2310. The highest BCUT2D eigenvalue weighted by atomic mass is 19.1. The fourth-order valence-electron chi connectivity index (χ4n) is 9.33. The number of methoxy groups -OCH3 is 1. The van der Waals surface area contributed by atoms with Gasteiger partial charge in [0, 0.05) is 49.2 Å². The second kappa shape index (κ2) is 18.8. The van der Waals surface area contributed by atoms with Gasteiger partial charge in [-0.15, -0.1) is 0 Å². The van der Waals surface area contributed by atoms with Crippen molar-refractivity contribution in [1.82, 2.24) is 24.6 Å². The van der Waals surface area contributed by atoms with Crippen molar-refractivity contribution in [3.8, 4) is 0 Å². The van der Waals surface area contributed by atoms with Gasteiger partial charge in [0.25, 0.3) is 0 Å². The topological polar surface area (TPSA) is 160 Å². The summed E-state index contributed by atoms with van der Waals surface area (Å²) in [5.41, 5.74) is 2.14. The number of nitrogens with zero attached hydrogens (tertiary/aromatic N) is 4. The minimum Gasteiger partial charge on any atom is -0.469 e. The highest BCUT2D eigenvalue weighted by Gasteiger charge is 2.56. The lowest BCUT2D eigenvalue weighted by Crippen LogP contribution is -2.47. The lowest BCUT2D eigenvalue weighted by Gasteiger charge is -2.31. The van der Waals surface area contributed by atoms with E-state index < -0.39 is 47.4 Å². The quantitative estimate of drug-likeness (QED) is 0.148. The summed E-state index contributed by atoms with van der Waals surface area (Å²) in [5.74, 6) is -1.57. The fraction of sp³-hybridized carbons (Fsp3) is 0.479. The van der Waals surface area contributed by atoms with Gasteiger partial charge in [-0.25, -0.2) is 23.6 Å². The van der Waals surface area contributed by atoms with E-state index >= 15 is 0 Å². The van der Waals surface area contributed by atoms with Crippen LogP contribution in [0.1, 0.15) is 77.0 Å². The summed E-state index contributed by atoms with van der Waals surface area (Å²) >= 11 is 0. The van der Waals surface area contributed by atoms with Gasteiger partial charge in [-0.3, -0.25) is 4.79 Å². The van der Waals surface area contributed by atoms with Gasteiger partial charge in [-0.2, -0.15) is 0 Å². The first-order chi connectivity index (χ1) is 30.4. The predicted octanol–water partition coefficient (Wildman–Crippen LogP) is 8.23. The van der Waals surface area contributed by atoms with Gasteiger partial charge < -0.3 is 48.3 Å². The Kier molecular flexibility index (Phi) is 13.4. The normalized spacial score (nSPS) is 22.6. The molecule has 5 heterocycles. The van der Waals surface area contributed by atoms with Crippen LogP contribution in [0.5, 0.6) is 0 Å². The van der Waals surface area contributed by atoms with Crippen molar-refractivity contribution >= 4 is 41.2 Å². The highest BCUT2D eigenvalue weighted by molar-refractivity contribution is 5.85. The molecular formula is C48H58FN5O10.